The molecular formula is C29H41F2N. The van der Waals surface area contributed by atoms with E-state index in [9.17, 15) is 8.78 Å². The molecule has 1 aromatic carbocycles. The van der Waals surface area contributed by atoms with Gasteiger partial charge in [0.05, 0.1) is 11.9 Å². The fourth-order valence-electron chi connectivity index (χ4n) is 6.05. The van der Waals surface area contributed by atoms with E-state index >= 15 is 0 Å². The van der Waals surface area contributed by atoms with Crippen LogP contribution in [-0.2, 0) is 0 Å². The summed E-state index contributed by atoms with van der Waals surface area (Å²) in [5, 5.41) is 8.92. The molecule has 2 saturated carbocycles. The van der Waals surface area contributed by atoms with E-state index in [1.807, 2.05) is 12.1 Å². The summed E-state index contributed by atoms with van der Waals surface area (Å²) in [6.45, 7) is 0. The Bertz CT molecular complexity index is 734. The third-order valence-electron chi connectivity index (χ3n) is 8.20. The van der Waals surface area contributed by atoms with E-state index in [1.54, 1.807) is 18.2 Å². The second-order valence-corrected chi connectivity index (χ2v) is 10.4. The minimum absolute atomic E-state index is 0.153. The summed E-state index contributed by atoms with van der Waals surface area (Å²) in [6.07, 6.45) is 22.9. The molecule has 0 atom stereocenters. The largest absolute Gasteiger partial charge is 0.216 e. The molecule has 3 heteroatoms. The lowest BCUT2D eigenvalue weighted by molar-refractivity contribution is 0.222. The van der Waals surface area contributed by atoms with Gasteiger partial charge in [-0.15, -0.1) is 0 Å². The molecule has 1 aromatic rings. The van der Waals surface area contributed by atoms with Crippen molar-refractivity contribution in [1.82, 2.24) is 0 Å². The van der Waals surface area contributed by atoms with Crippen LogP contribution in [0.15, 0.2) is 30.6 Å². The minimum Gasteiger partial charge on any atom is -0.216 e. The topological polar surface area (TPSA) is 23.8 Å². The molecule has 0 N–H and O–H groups in total. The lowest BCUT2D eigenvalue weighted by Crippen LogP contribution is -2.18. The van der Waals surface area contributed by atoms with E-state index in [4.69, 9.17) is 5.26 Å². The Hall–Kier alpha value is -1.69. The molecule has 0 heterocycles. The molecule has 0 amide bonds. The van der Waals surface area contributed by atoms with E-state index in [0.717, 1.165) is 49.0 Å². The summed E-state index contributed by atoms with van der Waals surface area (Å²) in [5.74, 6) is 2.82. The van der Waals surface area contributed by atoms with Crippen molar-refractivity contribution in [2.45, 2.75) is 109 Å². The maximum atomic E-state index is 13.9. The molecule has 0 aromatic heterocycles. The summed E-state index contributed by atoms with van der Waals surface area (Å²) < 4.78 is 25.9. The highest BCUT2D eigenvalue weighted by atomic mass is 19.1. The zero-order valence-corrected chi connectivity index (χ0v) is 19.7. The molecule has 0 unspecified atom stereocenters. The van der Waals surface area contributed by atoms with Crippen LogP contribution in [0.25, 0.3) is 0 Å². The fourth-order valence-corrected chi connectivity index (χ4v) is 6.05. The normalized spacial score (nSPS) is 26.3. The predicted octanol–water partition coefficient (Wildman–Crippen LogP) is 9.38. The summed E-state index contributed by atoms with van der Waals surface area (Å²) in [5.41, 5.74) is 1.23. The van der Waals surface area contributed by atoms with Crippen LogP contribution in [0.5, 0.6) is 0 Å². The Balaban J connectivity index is 1.25. The number of hydrogen-bond donors (Lipinski definition) is 0. The van der Waals surface area contributed by atoms with Gasteiger partial charge in [-0.3, -0.25) is 0 Å². The molecule has 32 heavy (non-hydrogen) atoms. The van der Waals surface area contributed by atoms with E-state index in [-0.39, 0.29) is 11.4 Å². The van der Waals surface area contributed by atoms with Gasteiger partial charge in [0.1, 0.15) is 11.9 Å². The number of halogens is 2. The van der Waals surface area contributed by atoms with Crippen LogP contribution < -0.4 is 0 Å². The number of unbranched alkanes of at least 4 members (excludes halogenated alkanes) is 4. The van der Waals surface area contributed by atoms with Crippen LogP contribution in [0.2, 0.25) is 0 Å². The highest BCUT2D eigenvalue weighted by molar-refractivity contribution is 5.34. The van der Waals surface area contributed by atoms with E-state index in [2.05, 4.69) is 0 Å². The Kier molecular flexibility index (Phi) is 10.7. The number of nitrogens with zero attached hydrogens (tertiary/aromatic N) is 1. The summed E-state index contributed by atoms with van der Waals surface area (Å²) in [7, 11) is 0. The van der Waals surface area contributed by atoms with Crippen LogP contribution in [0.4, 0.5) is 8.78 Å². The molecule has 0 bridgehead atoms. The van der Waals surface area contributed by atoms with Crippen molar-refractivity contribution in [2.24, 2.45) is 17.8 Å². The summed E-state index contributed by atoms with van der Waals surface area (Å²) >= 11 is 0. The second-order valence-electron chi connectivity index (χ2n) is 10.4. The molecule has 2 aliphatic carbocycles. The quantitative estimate of drug-likeness (QED) is 0.314. The Labute approximate surface area is 194 Å². The van der Waals surface area contributed by atoms with Crippen LogP contribution in [0, 0.1) is 34.9 Å². The number of hydrogen-bond acceptors (Lipinski definition) is 1. The van der Waals surface area contributed by atoms with Gasteiger partial charge in [-0.2, -0.15) is 5.26 Å². The van der Waals surface area contributed by atoms with Crippen LogP contribution in [0.3, 0.4) is 0 Å². The van der Waals surface area contributed by atoms with Gasteiger partial charge in [-0.25, -0.2) is 8.78 Å². The van der Waals surface area contributed by atoms with Crippen LogP contribution in [-0.4, -0.2) is 0 Å². The van der Waals surface area contributed by atoms with Crippen molar-refractivity contribution in [3.63, 3.8) is 0 Å². The van der Waals surface area contributed by atoms with Gasteiger partial charge in [0, 0.05) is 0 Å². The first-order valence-corrected chi connectivity index (χ1v) is 13.1. The molecule has 1 nitrogen and oxygen atoms in total. The van der Waals surface area contributed by atoms with Gasteiger partial charge in [0.25, 0.3) is 0 Å². The zero-order chi connectivity index (χ0) is 22.6. The molecule has 3 rings (SSSR count). The van der Waals surface area contributed by atoms with Crippen molar-refractivity contribution in [2.75, 3.05) is 0 Å². The van der Waals surface area contributed by atoms with Crippen molar-refractivity contribution in [1.29, 1.82) is 5.26 Å². The van der Waals surface area contributed by atoms with Crippen molar-refractivity contribution in [3.8, 4) is 6.07 Å². The van der Waals surface area contributed by atoms with Gasteiger partial charge >= 0.3 is 0 Å². The smallest absolute Gasteiger partial charge is 0.141 e. The Morgan fingerprint density at radius 2 is 1.41 bits per heavy atom. The minimum atomic E-state index is -0.367. The maximum Gasteiger partial charge on any atom is 0.141 e. The summed E-state index contributed by atoms with van der Waals surface area (Å²) in [6, 6.07) is 7.10. The number of rotatable bonds is 11. The van der Waals surface area contributed by atoms with E-state index in [1.165, 1.54) is 77.0 Å². The number of benzene rings is 1. The average molecular weight is 442 g/mol. The highest BCUT2D eigenvalue weighted by Gasteiger charge is 2.25. The maximum absolute atomic E-state index is 13.9. The zero-order valence-electron chi connectivity index (χ0n) is 19.7. The lowest BCUT2D eigenvalue weighted by atomic mass is 9.74. The SMILES string of the molecule is N#Cc1ccc([C@H]2CC[C@H](CC[C@H]3CC[C@H](CCCCCC/C=C/F)CC3)CC2)cc1F. The fraction of sp³-hybridized carbons (Fsp3) is 0.690. The summed E-state index contributed by atoms with van der Waals surface area (Å²) in [4.78, 5) is 0. The average Bonchev–Trinajstić information content (AvgIpc) is 2.83. The van der Waals surface area contributed by atoms with Crippen LogP contribution >= 0.6 is 0 Å². The van der Waals surface area contributed by atoms with Crippen molar-refractivity contribution >= 4 is 0 Å². The third-order valence-corrected chi connectivity index (χ3v) is 8.20. The third kappa shape index (κ3) is 8.02. The predicted molar refractivity (Wildman–Crippen MR) is 128 cm³/mol. The molecule has 0 saturated heterocycles. The Morgan fingerprint density at radius 1 is 0.812 bits per heavy atom. The lowest BCUT2D eigenvalue weighted by Gasteiger charge is -2.32. The molecule has 0 spiro atoms. The van der Waals surface area contributed by atoms with Crippen LogP contribution in [0.1, 0.15) is 120 Å². The van der Waals surface area contributed by atoms with E-state index < -0.39 is 0 Å². The molecule has 2 fully saturated rings. The molecule has 0 radical (unpaired) electrons. The first-order chi connectivity index (χ1) is 15.7. The van der Waals surface area contributed by atoms with Crippen molar-refractivity contribution in [3.05, 3.63) is 47.5 Å². The van der Waals surface area contributed by atoms with Gasteiger partial charge in [-0.05, 0) is 79.9 Å². The molecule has 0 aliphatic heterocycles. The van der Waals surface area contributed by atoms with Crippen molar-refractivity contribution < 1.29 is 8.78 Å². The van der Waals surface area contributed by atoms with Gasteiger partial charge in [0.15, 0.2) is 0 Å². The number of nitriles is 1. The molecule has 2 aliphatic rings. The Morgan fingerprint density at radius 3 is 2.00 bits per heavy atom. The van der Waals surface area contributed by atoms with E-state index in [0.29, 0.717) is 12.2 Å². The monoisotopic (exact) mass is 441 g/mol. The highest BCUT2D eigenvalue weighted by Crippen LogP contribution is 2.40. The first kappa shape index (κ1) is 24.9. The number of allylic oxidation sites excluding steroid dienone is 1. The molecule has 176 valence electrons. The van der Waals surface area contributed by atoms with Gasteiger partial charge < -0.3 is 0 Å². The first-order valence-electron chi connectivity index (χ1n) is 13.1. The second kappa shape index (κ2) is 13.8. The van der Waals surface area contributed by atoms with Gasteiger partial charge in [0.2, 0.25) is 0 Å². The molecular weight excluding hydrogens is 400 g/mol. The van der Waals surface area contributed by atoms with Gasteiger partial charge in [-0.1, -0.05) is 76.4 Å². The standard InChI is InChI=1S/C29H41F2N/c30-20-6-4-2-1-3-5-7-23-8-10-24(11-9-23)12-13-25-14-16-26(17-15-25)27-18-19-28(22-32)29(31)21-27/h6,18-21,23-26H,1-5,7-17H2/b20-6+/t23-,24-,25-,26-.